The molecular weight excluding hydrogens is 264 g/mol. The first-order valence-electron chi connectivity index (χ1n) is 6.58. The van der Waals surface area contributed by atoms with Crippen LogP contribution >= 0.6 is 11.3 Å². The van der Waals surface area contributed by atoms with Crippen molar-refractivity contribution in [2.75, 3.05) is 0 Å². The third-order valence-electron chi connectivity index (χ3n) is 3.55. The van der Waals surface area contributed by atoms with Crippen molar-refractivity contribution in [2.45, 2.75) is 51.0 Å². The maximum atomic E-state index is 12.1. The molecule has 0 bridgehead atoms. The number of hydrogen-bond donors (Lipinski definition) is 2. The molecule has 1 saturated carbocycles. The van der Waals surface area contributed by atoms with Crippen molar-refractivity contribution in [2.24, 2.45) is 0 Å². The molecule has 1 aliphatic rings. The van der Waals surface area contributed by atoms with Crippen molar-refractivity contribution in [1.29, 1.82) is 0 Å². The highest BCUT2D eigenvalue weighted by Crippen LogP contribution is 2.29. The lowest BCUT2D eigenvalue weighted by atomic mass is 9.81. The first-order chi connectivity index (χ1) is 9.07. The van der Waals surface area contributed by atoms with E-state index in [-0.39, 0.29) is 5.91 Å². The van der Waals surface area contributed by atoms with Gasteiger partial charge in [-0.05, 0) is 19.3 Å². The number of hydrogen-bond acceptors (Lipinski definition) is 4. The zero-order chi connectivity index (χ0) is 13.9. The van der Waals surface area contributed by atoms with Crippen LogP contribution in [0.3, 0.4) is 0 Å². The molecule has 0 radical (unpaired) electrons. The second-order valence-corrected chi connectivity index (χ2v) is 5.99. The second-order valence-electron chi connectivity index (χ2n) is 4.87. The van der Waals surface area contributed by atoms with Crippen LogP contribution in [0, 0.1) is 0 Å². The second kappa shape index (κ2) is 5.69. The van der Waals surface area contributed by atoms with Crippen LogP contribution in [0.25, 0.3) is 0 Å². The molecular formula is C13H18N2O3S. The van der Waals surface area contributed by atoms with E-state index in [1.54, 1.807) is 0 Å². The van der Waals surface area contributed by atoms with Gasteiger partial charge in [0.15, 0.2) is 0 Å². The fraction of sp³-hybridized carbons (Fsp3) is 0.615. The number of aliphatic carboxylic acids is 1. The average molecular weight is 282 g/mol. The predicted octanol–water partition coefficient (Wildman–Crippen LogP) is 2.22. The lowest BCUT2D eigenvalue weighted by Gasteiger charge is -2.33. The summed E-state index contributed by atoms with van der Waals surface area (Å²) in [7, 11) is 0. The van der Waals surface area contributed by atoms with Gasteiger partial charge in [-0.15, -0.1) is 11.3 Å². The van der Waals surface area contributed by atoms with Crippen molar-refractivity contribution in [3.63, 3.8) is 0 Å². The highest BCUT2D eigenvalue weighted by molar-refractivity contribution is 7.13. The normalized spacial score (nSPS) is 17.9. The molecule has 0 aromatic carbocycles. The summed E-state index contributed by atoms with van der Waals surface area (Å²) in [5.41, 5.74) is -1.09. The van der Waals surface area contributed by atoms with E-state index in [0.717, 1.165) is 30.7 Å². The molecule has 1 amide bonds. The molecule has 104 valence electrons. The van der Waals surface area contributed by atoms with Crippen LogP contribution in [0.2, 0.25) is 0 Å². The van der Waals surface area contributed by atoms with Gasteiger partial charge in [0, 0.05) is 0 Å². The Morgan fingerprint density at radius 3 is 2.63 bits per heavy atom. The Bertz CT molecular complexity index is 478. The summed E-state index contributed by atoms with van der Waals surface area (Å²) < 4.78 is 0. The number of nitrogens with zero attached hydrogens (tertiary/aromatic N) is 1. The maximum absolute atomic E-state index is 12.1. The van der Waals surface area contributed by atoms with Crippen molar-refractivity contribution < 1.29 is 14.7 Å². The van der Waals surface area contributed by atoms with Gasteiger partial charge in [0.05, 0.1) is 11.2 Å². The molecule has 2 N–H and O–H groups in total. The highest BCUT2D eigenvalue weighted by Gasteiger charge is 2.41. The molecule has 0 saturated heterocycles. The van der Waals surface area contributed by atoms with Gasteiger partial charge in [-0.3, -0.25) is 4.79 Å². The molecule has 5 nitrogen and oxygen atoms in total. The van der Waals surface area contributed by atoms with E-state index >= 15 is 0 Å². The van der Waals surface area contributed by atoms with Crippen molar-refractivity contribution in [3.8, 4) is 0 Å². The van der Waals surface area contributed by atoms with Gasteiger partial charge in [-0.25, -0.2) is 9.78 Å². The van der Waals surface area contributed by atoms with E-state index in [0.29, 0.717) is 17.7 Å². The van der Waals surface area contributed by atoms with E-state index in [1.807, 2.05) is 6.92 Å². The molecule has 1 aliphatic carbocycles. The molecule has 0 unspecified atom stereocenters. The Kier molecular flexibility index (Phi) is 4.19. The SMILES string of the molecule is CCc1ncc(C(=O)NC2(C(=O)O)CCCCC2)s1. The number of thiazole rings is 1. The molecule has 1 aromatic heterocycles. The van der Waals surface area contributed by atoms with Crippen LogP contribution in [0.5, 0.6) is 0 Å². The smallest absolute Gasteiger partial charge is 0.329 e. The third kappa shape index (κ3) is 2.94. The zero-order valence-electron chi connectivity index (χ0n) is 10.9. The van der Waals surface area contributed by atoms with Crippen LogP contribution < -0.4 is 5.32 Å². The quantitative estimate of drug-likeness (QED) is 0.887. The molecule has 1 fully saturated rings. The van der Waals surface area contributed by atoms with Crippen LogP contribution in [-0.2, 0) is 11.2 Å². The summed E-state index contributed by atoms with van der Waals surface area (Å²) >= 11 is 1.32. The van der Waals surface area contributed by atoms with Crippen molar-refractivity contribution >= 4 is 23.2 Å². The maximum Gasteiger partial charge on any atom is 0.329 e. The first kappa shape index (κ1) is 14.0. The van der Waals surface area contributed by atoms with Gasteiger partial charge < -0.3 is 10.4 Å². The summed E-state index contributed by atoms with van der Waals surface area (Å²) in [4.78, 5) is 28.2. The summed E-state index contributed by atoms with van der Waals surface area (Å²) in [6, 6.07) is 0. The van der Waals surface area contributed by atoms with E-state index in [2.05, 4.69) is 10.3 Å². The third-order valence-corrected chi connectivity index (χ3v) is 4.69. The number of carboxylic acid groups (broad SMARTS) is 1. The Labute approximate surface area is 116 Å². The van der Waals surface area contributed by atoms with Gasteiger partial charge >= 0.3 is 5.97 Å². The van der Waals surface area contributed by atoms with Crippen LogP contribution in [-0.4, -0.2) is 27.5 Å². The molecule has 6 heteroatoms. The van der Waals surface area contributed by atoms with Crippen molar-refractivity contribution in [3.05, 3.63) is 16.1 Å². The highest BCUT2D eigenvalue weighted by atomic mass is 32.1. The van der Waals surface area contributed by atoms with Crippen LogP contribution in [0.15, 0.2) is 6.20 Å². The van der Waals surface area contributed by atoms with Gasteiger partial charge in [0.2, 0.25) is 0 Å². The largest absolute Gasteiger partial charge is 0.480 e. The summed E-state index contributed by atoms with van der Waals surface area (Å²) in [5, 5.41) is 13.0. The molecule has 0 atom stereocenters. The minimum atomic E-state index is -1.09. The fourth-order valence-electron chi connectivity index (χ4n) is 2.41. The lowest BCUT2D eigenvalue weighted by Crippen LogP contribution is -2.55. The molecule has 0 spiro atoms. The number of carbonyl (C=O) groups is 2. The van der Waals surface area contributed by atoms with Gasteiger partial charge in [-0.1, -0.05) is 26.2 Å². The molecule has 1 heterocycles. The number of amides is 1. The monoisotopic (exact) mass is 282 g/mol. The number of nitrogens with one attached hydrogen (secondary N) is 1. The number of aryl methyl sites for hydroxylation is 1. The number of carboxylic acids is 1. The zero-order valence-corrected chi connectivity index (χ0v) is 11.8. The standard InChI is InChI=1S/C13H18N2O3S/c1-2-10-14-8-9(19-10)11(16)15-13(12(17)18)6-4-3-5-7-13/h8H,2-7H2,1H3,(H,15,16)(H,17,18). The fourth-order valence-corrected chi connectivity index (χ4v) is 3.16. The van der Waals surface area contributed by atoms with E-state index in [9.17, 15) is 14.7 Å². The van der Waals surface area contributed by atoms with E-state index in [4.69, 9.17) is 0 Å². The van der Waals surface area contributed by atoms with E-state index in [1.165, 1.54) is 17.5 Å². The van der Waals surface area contributed by atoms with Crippen molar-refractivity contribution in [1.82, 2.24) is 10.3 Å². The number of aromatic nitrogens is 1. The van der Waals surface area contributed by atoms with Gasteiger partial charge in [0.25, 0.3) is 5.91 Å². The molecule has 19 heavy (non-hydrogen) atoms. The van der Waals surface area contributed by atoms with Crippen LogP contribution in [0.4, 0.5) is 0 Å². The minimum absolute atomic E-state index is 0.318. The van der Waals surface area contributed by atoms with Gasteiger partial charge in [-0.2, -0.15) is 0 Å². The molecule has 1 aromatic rings. The minimum Gasteiger partial charge on any atom is -0.480 e. The number of rotatable bonds is 4. The number of carbonyl (C=O) groups excluding carboxylic acids is 1. The average Bonchev–Trinajstić information content (AvgIpc) is 2.88. The Hall–Kier alpha value is -1.43. The van der Waals surface area contributed by atoms with Crippen LogP contribution in [0.1, 0.15) is 53.7 Å². The summed E-state index contributed by atoms with van der Waals surface area (Å²) in [6.07, 6.45) is 6.04. The topological polar surface area (TPSA) is 79.3 Å². The molecule has 0 aliphatic heterocycles. The first-order valence-corrected chi connectivity index (χ1v) is 7.39. The van der Waals surface area contributed by atoms with Gasteiger partial charge in [0.1, 0.15) is 10.4 Å². The van der Waals surface area contributed by atoms with E-state index < -0.39 is 11.5 Å². The Morgan fingerprint density at radius 1 is 1.42 bits per heavy atom. The lowest BCUT2D eigenvalue weighted by molar-refractivity contribution is -0.145. The predicted molar refractivity (Wildman–Crippen MR) is 72.4 cm³/mol. The summed E-state index contributed by atoms with van der Waals surface area (Å²) in [6.45, 7) is 1.97. The Balaban J connectivity index is 2.12. The molecule has 2 rings (SSSR count). The summed E-state index contributed by atoms with van der Waals surface area (Å²) in [5.74, 6) is -1.25. The Morgan fingerprint density at radius 2 is 2.11 bits per heavy atom.